The summed E-state index contributed by atoms with van der Waals surface area (Å²) in [5, 5.41) is 3.23. The Labute approximate surface area is 159 Å². The number of carbonyl (C=O) groups excluding carboxylic acids is 1. The number of methoxy groups -OCH3 is 1. The summed E-state index contributed by atoms with van der Waals surface area (Å²) in [6, 6.07) is 7.77. The maximum Gasteiger partial charge on any atom is 0.409 e. The summed E-state index contributed by atoms with van der Waals surface area (Å²) in [6.45, 7) is 6.83. The number of hydrogen-bond donors (Lipinski definition) is 1. The smallest absolute Gasteiger partial charge is 0.409 e. The van der Waals surface area contributed by atoms with Crippen LogP contribution in [0.2, 0.25) is 0 Å². The van der Waals surface area contributed by atoms with Crippen LogP contribution in [0.15, 0.2) is 30.5 Å². The third kappa shape index (κ3) is 4.58. The van der Waals surface area contributed by atoms with Crippen molar-refractivity contribution in [1.29, 1.82) is 0 Å². The third-order valence-corrected chi connectivity index (χ3v) is 4.37. The van der Waals surface area contributed by atoms with Gasteiger partial charge >= 0.3 is 6.09 Å². The van der Waals surface area contributed by atoms with Crippen LogP contribution in [-0.4, -0.2) is 60.9 Å². The van der Waals surface area contributed by atoms with Gasteiger partial charge < -0.3 is 24.6 Å². The Morgan fingerprint density at radius 3 is 2.70 bits per heavy atom. The molecule has 0 atom stereocenters. The molecule has 1 aliphatic heterocycles. The summed E-state index contributed by atoms with van der Waals surface area (Å²) in [5.41, 5.74) is 1.94. The number of ether oxygens (including phenoxy) is 2. The summed E-state index contributed by atoms with van der Waals surface area (Å²) in [7, 11) is 1.64. The lowest BCUT2D eigenvalue weighted by Gasteiger charge is -2.34. The van der Waals surface area contributed by atoms with E-state index < -0.39 is 0 Å². The van der Waals surface area contributed by atoms with Crippen LogP contribution in [0.3, 0.4) is 0 Å². The number of aryl methyl sites for hydroxylation is 1. The first-order chi connectivity index (χ1) is 13.1. The Kier molecular flexibility index (Phi) is 5.95. The van der Waals surface area contributed by atoms with Gasteiger partial charge in [-0.1, -0.05) is 6.07 Å². The fourth-order valence-corrected chi connectivity index (χ4v) is 2.96. The number of anilines is 3. The van der Waals surface area contributed by atoms with E-state index in [2.05, 4.69) is 20.2 Å². The fraction of sp³-hybridized carbons (Fsp3) is 0.421. The largest absolute Gasteiger partial charge is 0.495 e. The van der Waals surface area contributed by atoms with E-state index in [4.69, 9.17) is 9.47 Å². The number of rotatable bonds is 5. The number of carbonyl (C=O) groups is 1. The first kappa shape index (κ1) is 18.8. The van der Waals surface area contributed by atoms with Crippen molar-refractivity contribution in [3.8, 4) is 5.75 Å². The van der Waals surface area contributed by atoms with Crippen molar-refractivity contribution in [2.45, 2.75) is 13.8 Å². The lowest BCUT2D eigenvalue weighted by Crippen LogP contribution is -2.49. The molecule has 2 heterocycles. The first-order valence-electron chi connectivity index (χ1n) is 9.02. The van der Waals surface area contributed by atoms with Crippen molar-refractivity contribution in [2.75, 3.05) is 50.1 Å². The van der Waals surface area contributed by atoms with Crippen molar-refractivity contribution < 1.29 is 14.3 Å². The molecule has 1 saturated heterocycles. The molecule has 0 aliphatic carbocycles. The number of amides is 1. The zero-order valence-corrected chi connectivity index (χ0v) is 15.9. The number of hydrogen-bond acceptors (Lipinski definition) is 7. The Morgan fingerprint density at radius 1 is 1.22 bits per heavy atom. The van der Waals surface area contributed by atoms with Gasteiger partial charge in [0.2, 0.25) is 5.95 Å². The molecule has 2 aromatic rings. The van der Waals surface area contributed by atoms with Gasteiger partial charge in [-0.2, -0.15) is 4.98 Å². The van der Waals surface area contributed by atoms with Crippen LogP contribution in [0, 0.1) is 6.92 Å². The van der Waals surface area contributed by atoms with E-state index in [0.29, 0.717) is 38.7 Å². The molecule has 0 radical (unpaired) electrons. The molecule has 3 rings (SSSR count). The van der Waals surface area contributed by atoms with Crippen molar-refractivity contribution in [3.05, 3.63) is 36.0 Å². The summed E-state index contributed by atoms with van der Waals surface area (Å²) >= 11 is 0. The van der Waals surface area contributed by atoms with Gasteiger partial charge in [0, 0.05) is 32.4 Å². The maximum absolute atomic E-state index is 11.8. The second-order valence-corrected chi connectivity index (χ2v) is 6.24. The second-order valence-electron chi connectivity index (χ2n) is 6.24. The number of nitrogens with one attached hydrogen (secondary N) is 1. The molecule has 1 aromatic heterocycles. The number of aromatic nitrogens is 2. The highest BCUT2D eigenvalue weighted by atomic mass is 16.6. The minimum atomic E-state index is -0.256. The van der Waals surface area contributed by atoms with Crippen molar-refractivity contribution in [3.63, 3.8) is 0 Å². The van der Waals surface area contributed by atoms with Crippen molar-refractivity contribution in [2.24, 2.45) is 0 Å². The van der Waals surface area contributed by atoms with Crippen LogP contribution in [0.5, 0.6) is 5.75 Å². The predicted molar refractivity (Wildman–Crippen MR) is 104 cm³/mol. The van der Waals surface area contributed by atoms with Gasteiger partial charge in [0.1, 0.15) is 11.6 Å². The van der Waals surface area contributed by atoms with Crippen LogP contribution in [0.25, 0.3) is 0 Å². The van der Waals surface area contributed by atoms with Crippen LogP contribution in [-0.2, 0) is 4.74 Å². The van der Waals surface area contributed by atoms with E-state index in [1.165, 1.54) is 0 Å². The van der Waals surface area contributed by atoms with Gasteiger partial charge in [-0.05, 0) is 37.6 Å². The highest BCUT2D eigenvalue weighted by molar-refractivity contribution is 5.68. The van der Waals surface area contributed by atoms with E-state index in [9.17, 15) is 4.79 Å². The van der Waals surface area contributed by atoms with Crippen LogP contribution in [0.4, 0.5) is 22.2 Å². The zero-order chi connectivity index (χ0) is 19.2. The van der Waals surface area contributed by atoms with E-state index in [1.807, 2.05) is 38.1 Å². The molecule has 8 nitrogen and oxygen atoms in total. The van der Waals surface area contributed by atoms with E-state index in [-0.39, 0.29) is 6.09 Å². The Balaban J connectivity index is 1.68. The molecule has 0 unspecified atom stereocenters. The van der Waals surface area contributed by atoms with Crippen LogP contribution < -0.4 is 15.0 Å². The summed E-state index contributed by atoms with van der Waals surface area (Å²) < 4.78 is 10.5. The predicted octanol–water partition coefficient (Wildman–Crippen LogP) is 2.82. The fourth-order valence-electron chi connectivity index (χ4n) is 2.96. The Morgan fingerprint density at radius 2 is 2.00 bits per heavy atom. The molecule has 1 amide bonds. The van der Waals surface area contributed by atoms with Gasteiger partial charge in [-0.3, -0.25) is 0 Å². The number of nitrogens with zero attached hydrogens (tertiary/aromatic N) is 4. The van der Waals surface area contributed by atoms with Gasteiger partial charge in [0.25, 0.3) is 0 Å². The highest BCUT2D eigenvalue weighted by Gasteiger charge is 2.23. The van der Waals surface area contributed by atoms with Gasteiger partial charge in [-0.25, -0.2) is 9.78 Å². The molecular weight excluding hydrogens is 346 g/mol. The Hall–Kier alpha value is -3.03. The first-order valence-corrected chi connectivity index (χ1v) is 9.02. The van der Waals surface area contributed by atoms with Gasteiger partial charge in [0.05, 0.1) is 19.4 Å². The quantitative estimate of drug-likeness (QED) is 0.866. The summed E-state index contributed by atoms with van der Waals surface area (Å²) in [5.74, 6) is 2.06. The molecule has 8 heteroatoms. The monoisotopic (exact) mass is 371 g/mol. The summed E-state index contributed by atoms with van der Waals surface area (Å²) in [4.78, 5) is 24.6. The molecule has 1 N–H and O–H groups in total. The van der Waals surface area contributed by atoms with Crippen LogP contribution in [0.1, 0.15) is 12.5 Å². The minimum absolute atomic E-state index is 0.256. The molecule has 144 valence electrons. The molecule has 0 saturated carbocycles. The molecule has 0 bridgehead atoms. The lowest BCUT2D eigenvalue weighted by atomic mass is 10.2. The Bertz CT molecular complexity index is 791. The van der Waals surface area contributed by atoms with Crippen molar-refractivity contribution in [1.82, 2.24) is 14.9 Å². The van der Waals surface area contributed by atoms with Gasteiger partial charge in [-0.15, -0.1) is 0 Å². The molecule has 0 spiro atoms. The highest BCUT2D eigenvalue weighted by Crippen LogP contribution is 2.28. The van der Waals surface area contributed by atoms with Crippen molar-refractivity contribution >= 4 is 23.5 Å². The topological polar surface area (TPSA) is 79.8 Å². The maximum atomic E-state index is 11.8. The molecule has 1 aliphatic rings. The molecule has 27 heavy (non-hydrogen) atoms. The number of piperazine rings is 1. The standard InChI is InChI=1S/C19H25N5O3/c1-4-27-19(25)24-11-9-23(10-12-24)17-7-8-20-18(22-17)21-15-13-14(2)5-6-16(15)26-3/h5-8,13H,4,9-12H2,1-3H3,(H,20,21,22). The average molecular weight is 371 g/mol. The van der Waals surface area contributed by atoms with E-state index in [1.54, 1.807) is 18.2 Å². The minimum Gasteiger partial charge on any atom is -0.495 e. The van der Waals surface area contributed by atoms with E-state index in [0.717, 1.165) is 22.8 Å². The molecule has 1 aromatic carbocycles. The van der Waals surface area contributed by atoms with Crippen LogP contribution >= 0.6 is 0 Å². The SMILES string of the molecule is CCOC(=O)N1CCN(c2ccnc(Nc3cc(C)ccc3OC)n2)CC1. The molecular formula is C19H25N5O3. The summed E-state index contributed by atoms with van der Waals surface area (Å²) in [6.07, 6.45) is 1.47. The zero-order valence-electron chi connectivity index (χ0n) is 15.9. The normalized spacial score (nSPS) is 14.0. The number of benzene rings is 1. The average Bonchev–Trinajstić information content (AvgIpc) is 2.69. The molecule has 1 fully saturated rings. The lowest BCUT2D eigenvalue weighted by molar-refractivity contribution is 0.105. The third-order valence-electron chi connectivity index (χ3n) is 4.37. The second kappa shape index (κ2) is 8.57. The van der Waals surface area contributed by atoms with E-state index >= 15 is 0 Å². The van der Waals surface area contributed by atoms with Gasteiger partial charge in [0.15, 0.2) is 0 Å².